The van der Waals surface area contributed by atoms with E-state index in [0.29, 0.717) is 5.56 Å². The molecule has 0 amide bonds. The molecule has 1 atom stereocenters. The number of rotatable bonds is 2. The predicted octanol–water partition coefficient (Wildman–Crippen LogP) is 1.55. The number of carboxylic acid groups (broad SMARTS) is 1. The SMILES string of the molecule is C[C@](C#N)(C(=O)O)c1ccccc1. The van der Waals surface area contributed by atoms with E-state index in [9.17, 15) is 4.79 Å². The van der Waals surface area contributed by atoms with Gasteiger partial charge >= 0.3 is 5.97 Å². The number of aliphatic carboxylic acids is 1. The first-order valence-corrected chi connectivity index (χ1v) is 3.81. The van der Waals surface area contributed by atoms with Crippen LogP contribution in [0.1, 0.15) is 12.5 Å². The van der Waals surface area contributed by atoms with Crippen molar-refractivity contribution < 1.29 is 9.90 Å². The van der Waals surface area contributed by atoms with E-state index in [0.717, 1.165) is 0 Å². The summed E-state index contributed by atoms with van der Waals surface area (Å²) in [5.74, 6) is -1.12. The molecule has 0 unspecified atom stereocenters. The molecule has 13 heavy (non-hydrogen) atoms. The Balaban J connectivity index is 3.21. The number of hydrogen-bond acceptors (Lipinski definition) is 2. The first-order valence-electron chi connectivity index (χ1n) is 3.81. The van der Waals surface area contributed by atoms with E-state index < -0.39 is 11.4 Å². The third-order valence-corrected chi connectivity index (χ3v) is 2.00. The molecule has 0 aromatic heterocycles. The Labute approximate surface area is 76.2 Å². The minimum absolute atomic E-state index is 0.505. The fourth-order valence-electron chi connectivity index (χ4n) is 1.01. The molecule has 0 fully saturated rings. The highest BCUT2D eigenvalue weighted by Crippen LogP contribution is 2.22. The molecule has 0 saturated carbocycles. The number of hydrogen-bond donors (Lipinski definition) is 1. The molecule has 0 aliphatic carbocycles. The molecule has 1 aromatic carbocycles. The molecule has 1 N–H and O–H groups in total. The van der Waals surface area contributed by atoms with Crippen molar-refractivity contribution in [3.63, 3.8) is 0 Å². The van der Waals surface area contributed by atoms with Crippen LogP contribution in [0, 0.1) is 11.3 Å². The van der Waals surface area contributed by atoms with E-state index in [1.54, 1.807) is 36.4 Å². The quantitative estimate of drug-likeness (QED) is 0.741. The summed E-state index contributed by atoms with van der Waals surface area (Å²) < 4.78 is 0. The van der Waals surface area contributed by atoms with Gasteiger partial charge in [0.1, 0.15) is 0 Å². The Kier molecular flexibility index (Phi) is 2.34. The summed E-state index contributed by atoms with van der Waals surface area (Å²) in [4.78, 5) is 10.8. The maximum absolute atomic E-state index is 10.8. The van der Waals surface area contributed by atoms with Crippen molar-refractivity contribution in [1.82, 2.24) is 0 Å². The fraction of sp³-hybridized carbons (Fsp3) is 0.200. The minimum Gasteiger partial charge on any atom is -0.480 e. The van der Waals surface area contributed by atoms with Gasteiger partial charge in [-0.25, -0.2) is 0 Å². The monoisotopic (exact) mass is 175 g/mol. The Morgan fingerprint density at radius 2 is 2.00 bits per heavy atom. The number of nitriles is 1. The van der Waals surface area contributed by atoms with Crippen molar-refractivity contribution in [1.29, 1.82) is 5.26 Å². The van der Waals surface area contributed by atoms with Crippen LogP contribution in [-0.4, -0.2) is 11.1 Å². The van der Waals surface area contributed by atoms with Gasteiger partial charge in [0.2, 0.25) is 0 Å². The van der Waals surface area contributed by atoms with Gasteiger partial charge in [-0.15, -0.1) is 0 Å². The zero-order chi connectivity index (χ0) is 9.90. The molecule has 0 spiro atoms. The maximum atomic E-state index is 10.8. The Morgan fingerprint density at radius 3 is 2.38 bits per heavy atom. The number of benzene rings is 1. The van der Waals surface area contributed by atoms with Gasteiger partial charge in [-0.3, -0.25) is 4.79 Å². The summed E-state index contributed by atoms with van der Waals surface area (Å²) >= 11 is 0. The van der Waals surface area contributed by atoms with Crippen LogP contribution in [0.3, 0.4) is 0 Å². The average molecular weight is 175 g/mol. The van der Waals surface area contributed by atoms with E-state index in [2.05, 4.69) is 0 Å². The molecular weight excluding hydrogens is 166 g/mol. The van der Waals surface area contributed by atoms with Crippen LogP contribution < -0.4 is 0 Å². The Morgan fingerprint density at radius 1 is 1.46 bits per heavy atom. The van der Waals surface area contributed by atoms with Crippen molar-refractivity contribution in [2.45, 2.75) is 12.3 Å². The van der Waals surface area contributed by atoms with Crippen molar-refractivity contribution >= 4 is 5.97 Å². The molecule has 0 heterocycles. The van der Waals surface area contributed by atoms with Gasteiger partial charge in [0.05, 0.1) is 6.07 Å². The molecular formula is C10H9NO2. The lowest BCUT2D eigenvalue weighted by Crippen LogP contribution is -2.30. The molecule has 0 aliphatic rings. The molecule has 3 heteroatoms. The van der Waals surface area contributed by atoms with Crippen molar-refractivity contribution in [3.8, 4) is 6.07 Å². The summed E-state index contributed by atoms with van der Waals surface area (Å²) in [5.41, 5.74) is -0.939. The van der Waals surface area contributed by atoms with Crippen LogP contribution in [0.5, 0.6) is 0 Å². The molecule has 0 aliphatic heterocycles. The van der Waals surface area contributed by atoms with Gasteiger partial charge in [0.15, 0.2) is 5.41 Å². The van der Waals surface area contributed by atoms with Gasteiger partial charge in [0, 0.05) is 0 Å². The van der Waals surface area contributed by atoms with Crippen molar-refractivity contribution in [2.75, 3.05) is 0 Å². The summed E-state index contributed by atoms with van der Waals surface area (Å²) in [7, 11) is 0. The number of carbonyl (C=O) groups is 1. The average Bonchev–Trinajstić information content (AvgIpc) is 2.17. The highest BCUT2D eigenvalue weighted by molar-refractivity contribution is 5.84. The van der Waals surface area contributed by atoms with Crippen LogP contribution in [0.2, 0.25) is 0 Å². The molecule has 1 aromatic rings. The van der Waals surface area contributed by atoms with Crippen LogP contribution in [0.4, 0.5) is 0 Å². The minimum atomic E-state index is -1.44. The smallest absolute Gasteiger partial charge is 0.328 e. The standard InChI is InChI=1S/C10H9NO2/c1-10(7-11,9(12)13)8-5-3-2-4-6-8/h2-6H,1H3,(H,12,13)/t10-/m1/s1. The highest BCUT2D eigenvalue weighted by atomic mass is 16.4. The van der Waals surface area contributed by atoms with E-state index in [-0.39, 0.29) is 0 Å². The lowest BCUT2D eigenvalue weighted by atomic mass is 9.84. The van der Waals surface area contributed by atoms with Gasteiger partial charge in [-0.2, -0.15) is 5.26 Å². The van der Waals surface area contributed by atoms with E-state index in [1.165, 1.54) is 6.92 Å². The van der Waals surface area contributed by atoms with E-state index in [4.69, 9.17) is 10.4 Å². The predicted molar refractivity (Wildman–Crippen MR) is 47.0 cm³/mol. The molecule has 66 valence electrons. The maximum Gasteiger partial charge on any atom is 0.328 e. The lowest BCUT2D eigenvalue weighted by molar-refractivity contribution is -0.141. The van der Waals surface area contributed by atoms with Crippen LogP contribution >= 0.6 is 0 Å². The number of nitrogens with zero attached hydrogens (tertiary/aromatic N) is 1. The molecule has 3 nitrogen and oxygen atoms in total. The Bertz CT molecular complexity index is 353. The van der Waals surface area contributed by atoms with Gasteiger partial charge in [0.25, 0.3) is 0 Å². The highest BCUT2D eigenvalue weighted by Gasteiger charge is 2.34. The summed E-state index contributed by atoms with van der Waals surface area (Å²) in [6.07, 6.45) is 0. The largest absolute Gasteiger partial charge is 0.480 e. The summed E-state index contributed by atoms with van der Waals surface area (Å²) in [5, 5.41) is 17.6. The lowest BCUT2D eigenvalue weighted by Gasteiger charge is -2.15. The first kappa shape index (κ1) is 9.27. The molecule has 0 bridgehead atoms. The molecule has 1 rings (SSSR count). The van der Waals surface area contributed by atoms with Gasteiger partial charge < -0.3 is 5.11 Å². The van der Waals surface area contributed by atoms with E-state index in [1.807, 2.05) is 0 Å². The molecule has 0 radical (unpaired) electrons. The second-order valence-corrected chi connectivity index (χ2v) is 2.91. The Hall–Kier alpha value is -1.82. The van der Waals surface area contributed by atoms with Crippen molar-refractivity contribution in [3.05, 3.63) is 35.9 Å². The fourth-order valence-corrected chi connectivity index (χ4v) is 1.01. The van der Waals surface area contributed by atoms with Crippen molar-refractivity contribution in [2.24, 2.45) is 0 Å². The second kappa shape index (κ2) is 3.28. The van der Waals surface area contributed by atoms with Gasteiger partial charge in [-0.05, 0) is 12.5 Å². The number of carboxylic acids is 1. The van der Waals surface area contributed by atoms with Gasteiger partial charge in [-0.1, -0.05) is 30.3 Å². The van der Waals surface area contributed by atoms with Crippen LogP contribution in [-0.2, 0) is 10.2 Å². The zero-order valence-electron chi connectivity index (χ0n) is 7.19. The van der Waals surface area contributed by atoms with Crippen LogP contribution in [0.15, 0.2) is 30.3 Å². The van der Waals surface area contributed by atoms with Crippen LogP contribution in [0.25, 0.3) is 0 Å². The summed E-state index contributed by atoms with van der Waals surface area (Å²) in [6, 6.07) is 10.3. The summed E-state index contributed by atoms with van der Waals surface area (Å²) in [6.45, 7) is 1.39. The first-order chi connectivity index (χ1) is 6.11. The topological polar surface area (TPSA) is 61.1 Å². The normalized spacial score (nSPS) is 14.2. The zero-order valence-corrected chi connectivity index (χ0v) is 7.19. The third-order valence-electron chi connectivity index (χ3n) is 2.00. The second-order valence-electron chi connectivity index (χ2n) is 2.91. The molecule has 0 saturated heterocycles. The van der Waals surface area contributed by atoms with E-state index >= 15 is 0 Å². The third kappa shape index (κ3) is 1.52.